The van der Waals surface area contributed by atoms with Gasteiger partial charge in [-0.05, 0) is 13.0 Å². The van der Waals surface area contributed by atoms with Gasteiger partial charge in [-0.2, -0.15) is 0 Å². The molecule has 0 spiro atoms. The van der Waals surface area contributed by atoms with E-state index < -0.39 is 0 Å². The van der Waals surface area contributed by atoms with E-state index in [2.05, 4.69) is 4.98 Å². The molecule has 0 aliphatic carbocycles. The van der Waals surface area contributed by atoms with E-state index in [-0.39, 0.29) is 0 Å². The van der Waals surface area contributed by atoms with Gasteiger partial charge >= 0.3 is 0 Å². The molecule has 0 fully saturated rings. The lowest BCUT2D eigenvalue weighted by Gasteiger charge is -1.86. The Kier molecular flexibility index (Phi) is 2.55. The molecule has 0 aromatic carbocycles. The average molecular weight is 148 g/mol. The molecule has 2 heteroatoms. The molecule has 11 heavy (non-hydrogen) atoms. The molecule has 1 aromatic heterocycles. The van der Waals surface area contributed by atoms with Crippen molar-refractivity contribution in [2.45, 2.75) is 6.92 Å². The van der Waals surface area contributed by atoms with Gasteiger partial charge in [-0.15, -0.1) is 0 Å². The summed E-state index contributed by atoms with van der Waals surface area (Å²) in [6, 6.07) is 1.94. The number of rotatable bonds is 2. The largest absolute Gasteiger partial charge is 0.385 e. The summed E-state index contributed by atoms with van der Waals surface area (Å²) in [5, 5.41) is 0. The number of aromatic nitrogens is 1. The van der Waals surface area contributed by atoms with Crippen molar-refractivity contribution < 1.29 is 0 Å². The molecule has 1 aromatic rings. The van der Waals surface area contributed by atoms with E-state index in [9.17, 15) is 0 Å². The Balaban J connectivity index is 2.71. The van der Waals surface area contributed by atoms with E-state index in [4.69, 9.17) is 5.73 Å². The summed E-state index contributed by atoms with van der Waals surface area (Å²) in [6.45, 7) is 1.98. The van der Waals surface area contributed by atoms with E-state index in [0.717, 1.165) is 5.56 Å². The van der Waals surface area contributed by atoms with Gasteiger partial charge in [0.25, 0.3) is 0 Å². The van der Waals surface area contributed by atoms with Crippen molar-refractivity contribution in [3.05, 3.63) is 36.1 Å². The van der Waals surface area contributed by atoms with Crippen LogP contribution in [0.2, 0.25) is 0 Å². The number of nitrogens with one attached hydrogen (secondary N) is 1. The number of nitrogens with two attached hydrogens (primary N) is 1. The summed E-state index contributed by atoms with van der Waals surface area (Å²) in [5.41, 5.74) is 6.62. The Bertz CT molecular complexity index is 269. The normalized spacial score (nSPS) is 11.7. The summed E-state index contributed by atoms with van der Waals surface area (Å²) < 4.78 is 0. The fraction of sp³-hybridized carbons (Fsp3) is 0.111. The quantitative estimate of drug-likeness (QED) is 0.620. The minimum Gasteiger partial charge on any atom is -0.385 e. The van der Waals surface area contributed by atoms with Crippen molar-refractivity contribution in [1.29, 1.82) is 0 Å². The SMILES string of the molecule is C/C=C\C=C/c1cc[nH]c1N. The summed E-state index contributed by atoms with van der Waals surface area (Å²) in [6.07, 6.45) is 9.68. The van der Waals surface area contributed by atoms with Gasteiger partial charge in [-0.3, -0.25) is 0 Å². The fourth-order valence-electron chi connectivity index (χ4n) is 0.810. The van der Waals surface area contributed by atoms with Crippen LogP contribution in [0.25, 0.3) is 6.08 Å². The number of H-pyrrole nitrogens is 1. The Morgan fingerprint density at radius 3 is 2.82 bits per heavy atom. The zero-order chi connectivity index (χ0) is 8.10. The van der Waals surface area contributed by atoms with Gasteiger partial charge < -0.3 is 10.7 Å². The highest BCUT2D eigenvalue weighted by molar-refractivity contribution is 5.62. The second-order valence-corrected chi connectivity index (χ2v) is 2.23. The summed E-state index contributed by atoms with van der Waals surface area (Å²) in [5.74, 6) is 0.714. The molecule has 0 atom stereocenters. The molecule has 0 radical (unpaired) electrons. The molecular formula is C9H12N2. The predicted octanol–water partition coefficient (Wildman–Crippen LogP) is 2.19. The van der Waals surface area contributed by atoms with Crippen LogP contribution >= 0.6 is 0 Å². The van der Waals surface area contributed by atoms with Crippen LogP contribution in [0.5, 0.6) is 0 Å². The molecule has 3 N–H and O–H groups in total. The maximum absolute atomic E-state index is 5.59. The molecule has 2 nitrogen and oxygen atoms in total. The highest BCUT2D eigenvalue weighted by Crippen LogP contribution is 2.09. The first-order valence-corrected chi connectivity index (χ1v) is 3.57. The Hall–Kier alpha value is -1.44. The molecule has 1 heterocycles. The zero-order valence-electron chi connectivity index (χ0n) is 6.54. The summed E-state index contributed by atoms with van der Waals surface area (Å²) >= 11 is 0. The number of anilines is 1. The van der Waals surface area contributed by atoms with E-state index in [1.807, 2.05) is 43.5 Å². The lowest BCUT2D eigenvalue weighted by atomic mass is 10.3. The number of allylic oxidation sites excluding steroid dienone is 3. The molecule has 0 unspecified atom stereocenters. The second kappa shape index (κ2) is 3.66. The van der Waals surface area contributed by atoms with Gasteiger partial charge in [0.15, 0.2) is 0 Å². The molecule has 58 valence electrons. The van der Waals surface area contributed by atoms with Crippen LogP contribution in [0.1, 0.15) is 12.5 Å². The smallest absolute Gasteiger partial charge is 0.107 e. The van der Waals surface area contributed by atoms with Crippen molar-refractivity contribution in [1.82, 2.24) is 4.98 Å². The molecule has 0 saturated heterocycles. The van der Waals surface area contributed by atoms with Crippen LogP contribution in [0, 0.1) is 0 Å². The zero-order valence-corrected chi connectivity index (χ0v) is 6.54. The topological polar surface area (TPSA) is 41.8 Å². The molecule has 0 aliphatic heterocycles. The molecular weight excluding hydrogens is 136 g/mol. The third-order valence-electron chi connectivity index (χ3n) is 1.39. The number of nitrogen functional groups attached to an aromatic ring is 1. The molecule has 1 rings (SSSR count). The lowest BCUT2D eigenvalue weighted by molar-refractivity contribution is 1.41. The Labute approximate surface area is 66.4 Å². The van der Waals surface area contributed by atoms with E-state index in [1.54, 1.807) is 0 Å². The summed E-state index contributed by atoms with van der Waals surface area (Å²) in [4.78, 5) is 2.90. The van der Waals surface area contributed by atoms with E-state index in [0.29, 0.717) is 5.82 Å². The van der Waals surface area contributed by atoms with Crippen molar-refractivity contribution in [2.24, 2.45) is 0 Å². The first kappa shape index (κ1) is 7.66. The van der Waals surface area contributed by atoms with Crippen LogP contribution in [-0.2, 0) is 0 Å². The molecule has 0 aliphatic rings. The number of hydrogen-bond acceptors (Lipinski definition) is 1. The monoisotopic (exact) mass is 148 g/mol. The van der Waals surface area contributed by atoms with E-state index in [1.165, 1.54) is 0 Å². The first-order valence-electron chi connectivity index (χ1n) is 3.57. The van der Waals surface area contributed by atoms with E-state index >= 15 is 0 Å². The minimum atomic E-state index is 0.714. The highest BCUT2D eigenvalue weighted by Gasteiger charge is 1.91. The molecule has 0 amide bonds. The summed E-state index contributed by atoms with van der Waals surface area (Å²) in [7, 11) is 0. The molecule has 0 bridgehead atoms. The fourth-order valence-corrected chi connectivity index (χ4v) is 0.810. The standard InChI is InChI=1S/C9H12N2/c1-2-3-4-5-8-6-7-11-9(8)10/h2-7,11H,10H2,1H3/b3-2-,5-4-. The second-order valence-electron chi connectivity index (χ2n) is 2.23. The van der Waals surface area contributed by atoms with Crippen LogP contribution in [0.3, 0.4) is 0 Å². The third kappa shape index (κ3) is 2.00. The van der Waals surface area contributed by atoms with Crippen LogP contribution in [0.4, 0.5) is 5.82 Å². The van der Waals surface area contributed by atoms with Crippen molar-refractivity contribution in [3.63, 3.8) is 0 Å². The van der Waals surface area contributed by atoms with Gasteiger partial charge in [0.1, 0.15) is 5.82 Å². The maximum Gasteiger partial charge on any atom is 0.107 e. The van der Waals surface area contributed by atoms with Crippen LogP contribution in [0.15, 0.2) is 30.5 Å². The van der Waals surface area contributed by atoms with Gasteiger partial charge in [0, 0.05) is 11.8 Å². The third-order valence-corrected chi connectivity index (χ3v) is 1.39. The Morgan fingerprint density at radius 1 is 1.45 bits per heavy atom. The number of hydrogen-bond donors (Lipinski definition) is 2. The minimum absolute atomic E-state index is 0.714. The lowest BCUT2D eigenvalue weighted by Crippen LogP contribution is -1.84. The Morgan fingerprint density at radius 2 is 2.27 bits per heavy atom. The molecule has 0 saturated carbocycles. The van der Waals surface area contributed by atoms with Gasteiger partial charge in [-0.1, -0.05) is 24.3 Å². The van der Waals surface area contributed by atoms with Crippen molar-refractivity contribution >= 4 is 11.9 Å². The van der Waals surface area contributed by atoms with Gasteiger partial charge in [-0.25, -0.2) is 0 Å². The predicted molar refractivity (Wildman–Crippen MR) is 49.1 cm³/mol. The van der Waals surface area contributed by atoms with Crippen molar-refractivity contribution in [2.75, 3.05) is 5.73 Å². The van der Waals surface area contributed by atoms with Gasteiger partial charge in [0.2, 0.25) is 0 Å². The van der Waals surface area contributed by atoms with Gasteiger partial charge in [0.05, 0.1) is 0 Å². The maximum atomic E-state index is 5.59. The first-order chi connectivity index (χ1) is 5.34. The number of aromatic amines is 1. The highest BCUT2D eigenvalue weighted by atomic mass is 14.8. The van der Waals surface area contributed by atoms with Crippen LogP contribution in [-0.4, -0.2) is 4.98 Å². The average Bonchev–Trinajstić information content (AvgIpc) is 2.37. The van der Waals surface area contributed by atoms with Crippen LogP contribution < -0.4 is 5.73 Å². The van der Waals surface area contributed by atoms with Crippen molar-refractivity contribution in [3.8, 4) is 0 Å².